The lowest BCUT2D eigenvalue weighted by molar-refractivity contribution is -0.115. The van der Waals surface area contributed by atoms with E-state index in [1.807, 2.05) is 0 Å². The van der Waals surface area contributed by atoms with Gasteiger partial charge < -0.3 is 10.1 Å². The summed E-state index contributed by atoms with van der Waals surface area (Å²) in [5.41, 5.74) is 0.506. The molecule has 1 aromatic carbocycles. The molecule has 0 spiro atoms. The molecule has 1 atom stereocenters. The highest BCUT2D eigenvalue weighted by Gasteiger charge is 2.19. The second-order valence-corrected chi connectivity index (χ2v) is 8.21. The van der Waals surface area contributed by atoms with Crippen LogP contribution in [0, 0.1) is 5.92 Å². The molecule has 0 bridgehead atoms. The number of alkyl halides is 2. The zero-order chi connectivity index (χ0) is 19.9. The van der Waals surface area contributed by atoms with Crippen LogP contribution in [0.15, 0.2) is 29.4 Å². The second kappa shape index (κ2) is 9.86. The van der Waals surface area contributed by atoms with Gasteiger partial charge in [-0.1, -0.05) is 37.4 Å². The van der Waals surface area contributed by atoms with Gasteiger partial charge >= 0.3 is 6.61 Å². The number of halogens is 2. The number of ether oxygens (including phenoxy) is 1. The van der Waals surface area contributed by atoms with Crippen LogP contribution < -0.4 is 10.1 Å². The summed E-state index contributed by atoms with van der Waals surface area (Å²) < 4.78 is 28.6. The Morgan fingerprint density at radius 2 is 2.04 bits per heavy atom. The quantitative estimate of drug-likeness (QED) is 0.589. The number of hydrogen-bond donors (Lipinski definition) is 2. The number of carbonyl (C=O) groups excluding carboxylic acids is 1. The number of thioether (sulfide) groups is 1. The van der Waals surface area contributed by atoms with Gasteiger partial charge in [-0.15, -0.1) is 5.10 Å². The predicted octanol–water partition coefficient (Wildman–Crippen LogP) is 4.65. The number of anilines is 1. The van der Waals surface area contributed by atoms with Crippen LogP contribution in [0.3, 0.4) is 0 Å². The number of nitrogens with one attached hydrogen (secondary N) is 2. The molecule has 1 aliphatic rings. The zero-order valence-electron chi connectivity index (χ0n) is 15.7. The Bertz CT molecular complexity index is 764. The molecule has 1 aromatic heterocycles. The fraction of sp³-hybridized carbons (Fsp3) is 0.526. The van der Waals surface area contributed by atoms with Crippen LogP contribution in [0.5, 0.6) is 5.75 Å². The third kappa shape index (κ3) is 6.19. The number of rotatable bonds is 9. The molecule has 1 saturated carbocycles. The predicted molar refractivity (Wildman–Crippen MR) is 104 cm³/mol. The highest BCUT2D eigenvalue weighted by molar-refractivity contribution is 8.00. The Labute approximate surface area is 166 Å². The van der Waals surface area contributed by atoms with Crippen LogP contribution in [0.2, 0.25) is 0 Å². The largest absolute Gasteiger partial charge is 0.435 e. The lowest BCUT2D eigenvalue weighted by Crippen LogP contribution is -2.22. The maximum Gasteiger partial charge on any atom is 0.387 e. The molecule has 3 rings (SSSR count). The van der Waals surface area contributed by atoms with Crippen LogP contribution in [0.25, 0.3) is 0 Å². The first-order valence-corrected chi connectivity index (χ1v) is 10.3. The van der Waals surface area contributed by atoms with Crippen molar-refractivity contribution in [2.24, 2.45) is 5.92 Å². The van der Waals surface area contributed by atoms with Crippen LogP contribution in [0.4, 0.5) is 14.5 Å². The Balaban J connectivity index is 1.46. The van der Waals surface area contributed by atoms with E-state index >= 15 is 0 Å². The maximum absolute atomic E-state index is 12.3. The van der Waals surface area contributed by atoms with Gasteiger partial charge in [0.25, 0.3) is 0 Å². The summed E-state index contributed by atoms with van der Waals surface area (Å²) in [7, 11) is 0. The Hall–Kier alpha value is -2.16. The molecule has 9 heteroatoms. The van der Waals surface area contributed by atoms with E-state index < -0.39 is 11.9 Å². The van der Waals surface area contributed by atoms with Crippen molar-refractivity contribution < 1.29 is 18.3 Å². The molecule has 2 N–H and O–H groups in total. The minimum absolute atomic E-state index is 0.0429. The average Bonchev–Trinajstić information content (AvgIpc) is 3.33. The number of nitrogens with zero attached hydrogens (tertiary/aromatic N) is 2. The first kappa shape index (κ1) is 20.6. The number of benzene rings is 1. The van der Waals surface area contributed by atoms with Crippen molar-refractivity contribution >= 4 is 23.4 Å². The lowest BCUT2D eigenvalue weighted by Gasteiger charge is -2.11. The SMILES string of the molecule is CC(Sc1n[nH]c(CCC2CCCC2)n1)C(=O)Nc1ccc(OC(F)F)cc1. The summed E-state index contributed by atoms with van der Waals surface area (Å²) in [6.07, 6.45) is 7.28. The molecule has 1 aliphatic carbocycles. The van der Waals surface area contributed by atoms with Gasteiger partial charge in [0, 0.05) is 12.1 Å². The van der Waals surface area contributed by atoms with Gasteiger partial charge in [-0.05, 0) is 43.5 Å². The molecule has 1 fully saturated rings. The van der Waals surface area contributed by atoms with E-state index in [1.54, 1.807) is 6.92 Å². The summed E-state index contributed by atoms with van der Waals surface area (Å²) in [6, 6.07) is 5.79. The summed E-state index contributed by atoms with van der Waals surface area (Å²) in [5.74, 6) is 1.48. The van der Waals surface area contributed by atoms with E-state index in [0.717, 1.165) is 24.6 Å². The Morgan fingerprint density at radius 3 is 2.71 bits per heavy atom. The van der Waals surface area contributed by atoms with E-state index in [4.69, 9.17) is 0 Å². The minimum atomic E-state index is -2.87. The van der Waals surface area contributed by atoms with Crippen LogP contribution >= 0.6 is 11.8 Å². The number of aryl methyl sites for hydroxylation is 1. The van der Waals surface area contributed by atoms with Gasteiger partial charge in [-0.3, -0.25) is 9.89 Å². The van der Waals surface area contributed by atoms with Crippen LogP contribution in [-0.2, 0) is 11.2 Å². The first-order chi connectivity index (χ1) is 13.5. The molecule has 0 radical (unpaired) electrons. The van der Waals surface area contributed by atoms with Gasteiger partial charge in [0.1, 0.15) is 11.6 Å². The molecule has 0 saturated heterocycles. The second-order valence-electron chi connectivity index (χ2n) is 6.91. The fourth-order valence-corrected chi connectivity index (χ4v) is 4.00. The molecule has 28 heavy (non-hydrogen) atoms. The average molecular weight is 410 g/mol. The summed E-state index contributed by atoms with van der Waals surface area (Å²) in [4.78, 5) is 16.8. The number of hydrogen-bond acceptors (Lipinski definition) is 5. The summed E-state index contributed by atoms with van der Waals surface area (Å²) in [5, 5.41) is 10.0. The van der Waals surface area contributed by atoms with Gasteiger partial charge in [-0.2, -0.15) is 8.78 Å². The number of amides is 1. The summed E-state index contributed by atoms with van der Waals surface area (Å²) >= 11 is 1.27. The smallest absolute Gasteiger partial charge is 0.387 e. The number of H-pyrrole nitrogens is 1. The van der Waals surface area contributed by atoms with Crippen LogP contribution in [0.1, 0.15) is 44.9 Å². The molecule has 2 aromatic rings. The molecule has 1 amide bonds. The molecule has 6 nitrogen and oxygen atoms in total. The third-order valence-corrected chi connectivity index (χ3v) is 5.73. The van der Waals surface area contributed by atoms with E-state index in [-0.39, 0.29) is 11.7 Å². The number of carbonyl (C=O) groups is 1. The van der Waals surface area contributed by atoms with Crippen molar-refractivity contribution in [3.8, 4) is 5.75 Å². The van der Waals surface area contributed by atoms with Crippen molar-refractivity contribution in [2.75, 3.05) is 5.32 Å². The van der Waals surface area contributed by atoms with Crippen molar-refractivity contribution in [3.63, 3.8) is 0 Å². The molecule has 0 aliphatic heterocycles. The third-order valence-electron chi connectivity index (χ3n) is 4.77. The zero-order valence-corrected chi connectivity index (χ0v) is 16.5. The van der Waals surface area contributed by atoms with Gasteiger partial charge in [-0.25, -0.2) is 4.98 Å². The van der Waals surface area contributed by atoms with Crippen LogP contribution in [-0.4, -0.2) is 32.9 Å². The highest BCUT2D eigenvalue weighted by atomic mass is 32.2. The van der Waals surface area contributed by atoms with Gasteiger partial charge in [0.05, 0.1) is 5.25 Å². The Kier molecular flexibility index (Phi) is 7.24. The minimum Gasteiger partial charge on any atom is -0.435 e. The van der Waals surface area contributed by atoms with E-state index in [2.05, 4.69) is 25.2 Å². The molecular weight excluding hydrogens is 386 g/mol. The standard InChI is InChI=1S/C19H24F2N4O2S/c1-12(17(26)22-14-7-9-15(10-8-14)27-18(20)21)28-19-23-16(24-25-19)11-6-13-4-2-3-5-13/h7-10,12-13,18H,2-6,11H2,1H3,(H,22,26)(H,23,24,25). The Morgan fingerprint density at radius 1 is 1.32 bits per heavy atom. The molecule has 1 unspecified atom stereocenters. The van der Waals surface area contributed by atoms with Crippen molar-refractivity contribution in [1.82, 2.24) is 15.2 Å². The normalized spacial score (nSPS) is 15.7. The lowest BCUT2D eigenvalue weighted by atomic mass is 10.0. The fourth-order valence-electron chi connectivity index (χ4n) is 3.26. The number of aromatic amines is 1. The van der Waals surface area contributed by atoms with Crippen molar-refractivity contribution in [2.45, 2.75) is 62.5 Å². The monoisotopic (exact) mass is 410 g/mol. The van der Waals surface area contributed by atoms with Gasteiger partial charge in [0.15, 0.2) is 0 Å². The highest BCUT2D eigenvalue weighted by Crippen LogP contribution is 2.28. The van der Waals surface area contributed by atoms with E-state index in [9.17, 15) is 13.6 Å². The molecule has 152 valence electrons. The number of aromatic nitrogens is 3. The van der Waals surface area contributed by atoms with E-state index in [1.165, 1.54) is 61.7 Å². The summed E-state index contributed by atoms with van der Waals surface area (Å²) in [6.45, 7) is -1.11. The topological polar surface area (TPSA) is 79.9 Å². The maximum atomic E-state index is 12.3. The van der Waals surface area contributed by atoms with E-state index in [0.29, 0.717) is 10.8 Å². The molecule has 1 heterocycles. The van der Waals surface area contributed by atoms with Crippen molar-refractivity contribution in [1.29, 1.82) is 0 Å². The van der Waals surface area contributed by atoms with Crippen molar-refractivity contribution in [3.05, 3.63) is 30.1 Å². The first-order valence-electron chi connectivity index (χ1n) is 9.43. The molecular formula is C19H24F2N4O2S. The van der Waals surface area contributed by atoms with Gasteiger partial charge in [0.2, 0.25) is 11.1 Å².